The summed E-state index contributed by atoms with van der Waals surface area (Å²) in [5.41, 5.74) is 0.693. The number of ether oxygens (including phenoxy) is 1. The van der Waals surface area contributed by atoms with Gasteiger partial charge in [0.15, 0.2) is 5.22 Å². The molecule has 0 aliphatic rings. The minimum atomic E-state index is -0.470. The Bertz CT molecular complexity index is 290. The number of furan rings is 1. The highest BCUT2D eigenvalue weighted by Crippen LogP contribution is 2.19. The van der Waals surface area contributed by atoms with E-state index in [-0.39, 0.29) is 11.0 Å². The summed E-state index contributed by atoms with van der Waals surface area (Å²) in [6.07, 6.45) is 0. The highest BCUT2D eigenvalue weighted by Gasteiger charge is 2.15. The summed E-state index contributed by atoms with van der Waals surface area (Å²) < 4.78 is 9.65. The fourth-order valence-corrected chi connectivity index (χ4v) is 1.08. The van der Waals surface area contributed by atoms with Crippen molar-refractivity contribution in [3.63, 3.8) is 0 Å². The molecule has 0 unspecified atom stereocenters. The number of hydrogen-bond acceptors (Lipinski definition) is 3. The molecule has 3 nitrogen and oxygen atoms in total. The van der Waals surface area contributed by atoms with Crippen molar-refractivity contribution in [2.75, 3.05) is 6.61 Å². The SMILES string of the molecule is CCOC(=O)c1oc(Cl)cc1C. The van der Waals surface area contributed by atoms with Crippen LogP contribution in [0.25, 0.3) is 0 Å². The van der Waals surface area contributed by atoms with Crippen molar-refractivity contribution >= 4 is 17.6 Å². The molecule has 0 spiro atoms. The molecule has 0 N–H and O–H groups in total. The van der Waals surface area contributed by atoms with Gasteiger partial charge in [0.05, 0.1) is 6.61 Å². The van der Waals surface area contributed by atoms with E-state index < -0.39 is 5.97 Å². The van der Waals surface area contributed by atoms with Crippen molar-refractivity contribution in [1.82, 2.24) is 0 Å². The van der Waals surface area contributed by atoms with Gasteiger partial charge in [0, 0.05) is 5.56 Å². The first-order chi connectivity index (χ1) is 5.65. The van der Waals surface area contributed by atoms with Gasteiger partial charge >= 0.3 is 5.97 Å². The molecule has 0 aromatic carbocycles. The van der Waals surface area contributed by atoms with Gasteiger partial charge in [-0.1, -0.05) is 0 Å². The van der Waals surface area contributed by atoms with Crippen molar-refractivity contribution in [2.24, 2.45) is 0 Å². The van der Waals surface area contributed by atoms with Gasteiger partial charge in [-0.2, -0.15) is 0 Å². The zero-order chi connectivity index (χ0) is 9.14. The van der Waals surface area contributed by atoms with E-state index in [4.69, 9.17) is 20.8 Å². The number of hydrogen-bond donors (Lipinski definition) is 0. The minimum Gasteiger partial charge on any atom is -0.460 e. The Kier molecular flexibility index (Phi) is 2.76. The molecule has 1 rings (SSSR count). The van der Waals surface area contributed by atoms with Crippen LogP contribution in [0.5, 0.6) is 0 Å². The fraction of sp³-hybridized carbons (Fsp3) is 0.375. The van der Waals surface area contributed by atoms with Crippen molar-refractivity contribution in [2.45, 2.75) is 13.8 Å². The third kappa shape index (κ3) is 1.80. The number of rotatable bonds is 2. The lowest BCUT2D eigenvalue weighted by Crippen LogP contribution is -2.04. The van der Waals surface area contributed by atoms with Crippen LogP contribution in [0.4, 0.5) is 0 Å². The maximum Gasteiger partial charge on any atom is 0.374 e. The summed E-state index contributed by atoms with van der Waals surface area (Å²) in [7, 11) is 0. The molecule has 0 amide bonds. The van der Waals surface area contributed by atoms with E-state index >= 15 is 0 Å². The van der Waals surface area contributed by atoms with Crippen LogP contribution in [0.3, 0.4) is 0 Å². The lowest BCUT2D eigenvalue weighted by atomic mass is 10.3. The molecule has 0 aliphatic heterocycles. The second-order valence-corrected chi connectivity index (χ2v) is 2.66. The Labute approximate surface area is 75.3 Å². The predicted octanol–water partition coefficient (Wildman–Crippen LogP) is 2.42. The molecule has 0 aliphatic carbocycles. The molecule has 12 heavy (non-hydrogen) atoms. The molecule has 0 saturated carbocycles. The molecule has 0 radical (unpaired) electrons. The van der Waals surface area contributed by atoms with Crippen LogP contribution in [0.1, 0.15) is 23.0 Å². The van der Waals surface area contributed by atoms with Gasteiger partial charge in [0.25, 0.3) is 0 Å². The van der Waals surface area contributed by atoms with Crippen molar-refractivity contribution < 1.29 is 13.9 Å². The zero-order valence-electron chi connectivity index (χ0n) is 6.89. The molecule has 0 atom stereocenters. The van der Waals surface area contributed by atoms with Crippen LogP contribution in [0, 0.1) is 6.92 Å². The van der Waals surface area contributed by atoms with Crippen LogP contribution in [-0.4, -0.2) is 12.6 Å². The fourth-order valence-electron chi connectivity index (χ4n) is 0.843. The molecule has 0 fully saturated rings. The Balaban J connectivity index is 2.87. The Hall–Kier alpha value is -0.960. The molecule has 1 aromatic rings. The highest BCUT2D eigenvalue weighted by atomic mass is 35.5. The number of carbonyl (C=O) groups is 1. The normalized spacial score (nSPS) is 9.92. The molecular weight excluding hydrogens is 180 g/mol. The summed E-state index contributed by atoms with van der Waals surface area (Å²) in [5.74, 6) is -0.288. The lowest BCUT2D eigenvalue weighted by Gasteiger charge is -1.97. The van der Waals surface area contributed by atoms with Gasteiger partial charge in [-0.05, 0) is 31.5 Å². The number of halogens is 1. The minimum absolute atomic E-state index is 0.182. The maximum atomic E-state index is 11.1. The summed E-state index contributed by atoms with van der Waals surface area (Å²) in [6.45, 7) is 3.80. The molecule has 4 heteroatoms. The predicted molar refractivity (Wildman–Crippen MR) is 44.4 cm³/mol. The second-order valence-electron chi connectivity index (χ2n) is 2.28. The van der Waals surface area contributed by atoms with E-state index in [0.29, 0.717) is 12.2 Å². The van der Waals surface area contributed by atoms with Gasteiger partial charge in [-0.15, -0.1) is 0 Å². The summed E-state index contributed by atoms with van der Waals surface area (Å²) in [5, 5.41) is 0.204. The largest absolute Gasteiger partial charge is 0.460 e. The molecule has 0 bridgehead atoms. The summed E-state index contributed by atoms with van der Waals surface area (Å²) in [4.78, 5) is 11.1. The molecule has 1 heterocycles. The van der Waals surface area contributed by atoms with Crippen LogP contribution >= 0.6 is 11.6 Å². The monoisotopic (exact) mass is 188 g/mol. The quantitative estimate of drug-likeness (QED) is 0.670. The van der Waals surface area contributed by atoms with Gasteiger partial charge in [0.2, 0.25) is 5.76 Å². The summed E-state index contributed by atoms with van der Waals surface area (Å²) >= 11 is 5.54. The smallest absolute Gasteiger partial charge is 0.374 e. The third-order valence-corrected chi connectivity index (χ3v) is 1.53. The van der Waals surface area contributed by atoms with Crippen molar-refractivity contribution in [3.05, 3.63) is 22.6 Å². The second kappa shape index (κ2) is 3.63. The number of aryl methyl sites for hydroxylation is 1. The molecule has 0 saturated heterocycles. The van der Waals surface area contributed by atoms with Crippen LogP contribution in [-0.2, 0) is 4.74 Å². The molecule has 1 aromatic heterocycles. The number of carbonyl (C=O) groups excluding carboxylic acids is 1. The Morgan fingerprint density at radius 3 is 2.83 bits per heavy atom. The van der Waals surface area contributed by atoms with E-state index in [1.807, 2.05) is 0 Å². The first-order valence-electron chi connectivity index (χ1n) is 3.58. The average molecular weight is 189 g/mol. The van der Waals surface area contributed by atoms with Crippen LogP contribution in [0.15, 0.2) is 10.5 Å². The molecule has 66 valence electrons. The van der Waals surface area contributed by atoms with E-state index in [1.165, 1.54) is 0 Å². The van der Waals surface area contributed by atoms with Crippen LogP contribution in [0.2, 0.25) is 5.22 Å². The van der Waals surface area contributed by atoms with Crippen molar-refractivity contribution in [3.8, 4) is 0 Å². The topological polar surface area (TPSA) is 39.4 Å². The maximum absolute atomic E-state index is 11.1. The summed E-state index contributed by atoms with van der Waals surface area (Å²) in [6, 6.07) is 1.58. The Morgan fingerprint density at radius 1 is 1.75 bits per heavy atom. The van der Waals surface area contributed by atoms with E-state index in [1.54, 1.807) is 19.9 Å². The van der Waals surface area contributed by atoms with Gasteiger partial charge in [0.1, 0.15) is 0 Å². The molecular formula is C8H9ClO3. The standard InChI is InChI=1S/C8H9ClO3/c1-3-11-8(10)7-5(2)4-6(9)12-7/h4H,3H2,1-2H3. The van der Waals surface area contributed by atoms with Crippen molar-refractivity contribution in [1.29, 1.82) is 0 Å². The highest BCUT2D eigenvalue weighted by molar-refractivity contribution is 6.29. The van der Waals surface area contributed by atoms with Gasteiger partial charge in [-0.3, -0.25) is 0 Å². The average Bonchev–Trinajstić information content (AvgIpc) is 2.30. The third-order valence-electron chi connectivity index (χ3n) is 1.35. The Morgan fingerprint density at radius 2 is 2.42 bits per heavy atom. The van der Waals surface area contributed by atoms with Gasteiger partial charge < -0.3 is 9.15 Å². The first-order valence-corrected chi connectivity index (χ1v) is 3.96. The van der Waals surface area contributed by atoms with E-state index in [0.717, 1.165) is 0 Å². The number of esters is 1. The first kappa shape index (κ1) is 9.13. The zero-order valence-corrected chi connectivity index (χ0v) is 7.64. The lowest BCUT2D eigenvalue weighted by molar-refractivity contribution is 0.0489. The van der Waals surface area contributed by atoms with Crippen LogP contribution < -0.4 is 0 Å². The van der Waals surface area contributed by atoms with E-state index in [2.05, 4.69) is 0 Å². The van der Waals surface area contributed by atoms with Gasteiger partial charge in [-0.25, -0.2) is 4.79 Å². The van der Waals surface area contributed by atoms with E-state index in [9.17, 15) is 4.79 Å².